The fraction of sp³-hybridized carbons (Fsp3) is 0.300. The molecule has 0 bridgehead atoms. The second-order valence-electron chi connectivity index (χ2n) is 3.07. The van der Waals surface area contributed by atoms with Crippen LogP contribution in [0.15, 0.2) is 18.2 Å². The summed E-state index contributed by atoms with van der Waals surface area (Å²) in [5.41, 5.74) is 0.652. The highest BCUT2D eigenvalue weighted by Gasteiger charge is 2.14. The van der Waals surface area contributed by atoms with E-state index in [1.807, 2.05) is 0 Å². The van der Waals surface area contributed by atoms with Crippen LogP contribution in [-0.4, -0.2) is 17.1 Å². The molecule has 0 heterocycles. The van der Waals surface area contributed by atoms with E-state index in [0.29, 0.717) is 22.2 Å². The molecule has 0 aliphatic carbocycles. The number of carboxylic acids is 1. The van der Waals surface area contributed by atoms with Gasteiger partial charge in [0.15, 0.2) is 0 Å². The highest BCUT2D eigenvalue weighted by Crippen LogP contribution is 2.25. The van der Waals surface area contributed by atoms with Crippen molar-refractivity contribution in [3.05, 3.63) is 28.2 Å². The molecule has 1 rings (SSSR count). The minimum Gasteiger partial charge on any atom is -0.480 e. The first-order valence-electron chi connectivity index (χ1n) is 4.49. The van der Waals surface area contributed by atoms with E-state index < -0.39 is 12.0 Å². The number of carboxylic acid groups (broad SMARTS) is 1. The molecule has 0 aliphatic heterocycles. The zero-order chi connectivity index (χ0) is 11.4. The highest BCUT2D eigenvalue weighted by atomic mass is 35.5. The molecule has 0 saturated carbocycles. The van der Waals surface area contributed by atoms with Crippen LogP contribution in [0.25, 0.3) is 0 Å². The first-order chi connectivity index (χ1) is 7.04. The van der Waals surface area contributed by atoms with Gasteiger partial charge in [-0.15, -0.1) is 0 Å². The maximum absolute atomic E-state index is 10.8. The lowest BCUT2D eigenvalue weighted by Gasteiger charge is -2.13. The Bertz CT molecular complexity index is 368. The first kappa shape index (κ1) is 12.1. The molecule has 82 valence electrons. The molecule has 1 aromatic rings. The molecular formula is C10H11Cl2NO2. The lowest BCUT2D eigenvalue weighted by atomic mass is 10.2. The topological polar surface area (TPSA) is 49.3 Å². The number of benzene rings is 1. The lowest BCUT2D eigenvalue weighted by Crippen LogP contribution is -2.28. The normalized spacial score (nSPS) is 12.2. The van der Waals surface area contributed by atoms with Crippen LogP contribution >= 0.6 is 23.2 Å². The number of aliphatic carboxylic acids is 1. The number of carbonyl (C=O) groups is 1. The van der Waals surface area contributed by atoms with Crippen LogP contribution in [0.5, 0.6) is 0 Å². The number of hydrogen-bond acceptors (Lipinski definition) is 2. The summed E-state index contributed by atoms with van der Waals surface area (Å²) in [6.07, 6.45) is 0.496. The maximum atomic E-state index is 10.8. The number of halogens is 2. The van der Waals surface area contributed by atoms with E-state index in [0.717, 1.165) is 0 Å². The van der Waals surface area contributed by atoms with Crippen LogP contribution in [-0.2, 0) is 4.79 Å². The van der Waals surface area contributed by atoms with Crippen molar-refractivity contribution in [3.63, 3.8) is 0 Å². The molecule has 0 amide bonds. The Morgan fingerprint density at radius 1 is 1.47 bits per heavy atom. The van der Waals surface area contributed by atoms with Gasteiger partial charge < -0.3 is 10.4 Å². The summed E-state index contributed by atoms with van der Waals surface area (Å²) in [4.78, 5) is 10.8. The van der Waals surface area contributed by atoms with Gasteiger partial charge in [0, 0.05) is 5.69 Å². The molecule has 0 radical (unpaired) electrons. The minimum absolute atomic E-state index is 0.405. The van der Waals surface area contributed by atoms with Gasteiger partial charge in [-0.2, -0.15) is 0 Å². The van der Waals surface area contributed by atoms with Gasteiger partial charge in [0.25, 0.3) is 0 Å². The Balaban J connectivity index is 2.80. The van der Waals surface area contributed by atoms with Crippen LogP contribution in [0, 0.1) is 0 Å². The number of anilines is 1. The zero-order valence-electron chi connectivity index (χ0n) is 8.13. The van der Waals surface area contributed by atoms with Gasteiger partial charge in [-0.05, 0) is 24.6 Å². The van der Waals surface area contributed by atoms with Crippen LogP contribution in [0.1, 0.15) is 13.3 Å². The largest absolute Gasteiger partial charge is 0.480 e. The van der Waals surface area contributed by atoms with Crippen molar-refractivity contribution in [1.29, 1.82) is 0 Å². The predicted molar refractivity (Wildman–Crippen MR) is 61.8 cm³/mol. The molecule has 0 fully saturated rings. The summed E-state index contributed by atoms with van der Waals surface area (Å²) in [5.74, 6) is -0.886. The summed E-state index contributed by atoms with van der Waals surface area (Å²) < 4.78 is 0. The molecule has 2 N–H and O–H groups in total. The van der Waals surface area contributed by atoms with Crippen LogP contribution in [0.2, 0.25) is 10.0 Å². The quantitative estimate of drug-likeness (QED) is 0.859. The molecule has 1 atom stereocenters. The molecule has 0 unspecified atom stereocenters. The molecular weight excluding hydrogens is 237 g/mol. The third-order valence-electron chi connectivity index (χ3n) is 1.97. The molecule has 5 heteroatoms. The summed E-state index contributed by atoms with van der Waals surface area (Å²) in [6.45, 7) is 1.79. The van der Waals surface area contributed by atoms with Crippen molar-refractivity contribution in [2.45, 2.75) is 19.4 Å². The third kappa shape index (κ3) is 3.29. The van der Waals surface area contributed by atoms with E-state index in [2.05, 4.69) is 5.32 Å². The molecule has 15 heavy (non-hydrogen) atoms. The molecule has 0 aliphatic rings. The van der Waals surface area contributed by atoms with Crippen molar-refractivity contribution in [1.82, 2.24) is 0 Å². The highest BCUT2D eigenvalue weighted by molar-refractivity contribution is 6.42. The van der Waals surface area contributed by atoms with Crippen molar-refractivity contribution in [3.8, 4) is 0 Å². The number of nitrogens with one attached hydrogen (secondary N) is 1. The summed E-state index contributed by atoms with van der Waals surface area (Å²) >= 11 is 11.5. The first-order valence-corrected chi connectivity index (χ1v) is 5.24. The van der Waals surface area contributed by atoms with E-state index in [1.54, 1.807) is 25.1 Å². The van der Waals surface area contributed by atoms with Crippen molar-refractivity contribution in [2.75, 3.05) is 5.32 Å². The average Bonchev–Trinajstić information content (AvgIpc) is 2.19. The third-order valence-corrected chi connectivity index (χ3v) is 2.71. The summed E-state index contributed by atoms with van der Waals surface area (Å²) in [7, 11) is 0. The van der Waals surface area contributed by atoms with Gasteiger partial charge in [-0.3, -0.25) is 0 Å². The zero-order valence-corrected chi connectivity index (χ0v) is 9.64. The van der Waals surface area contributed by atoms with Crippen molar-refractivity contribution >= 4 is 34.9 Å². The Hall–Kier alpha value is -0.930. The molecule has 0 saturated heterocycles. The Kier molecular flexibility index (Phi) is 4.24. The Morgan fingerprint density at radius 2 is 2.13 bits per heavy atom. The number of hydrogen-bond donors (Lipinski definition) is 2. The predicted octanol–water partition coefficient (Wildman–Crippen LogP) is 3.27. The Labute approximate surface area is 98.0 Å². The standard InChI is InChI=1S/C10H11Cl2NO2/c1-2-9(10(14)15)13-6-3-4-7(11)8(12)5-6/h3-5,9,13H,2H2,1H3,(H,14,15)/t9-/m1/s1. The van der Waals surface area contributed by atoms with Gasteiger partial charge in [0.05, 0.1) is 10.0 Å². The van der Waals surface area contributed by atoms with E-state index in [-0.39, 0.29) is 0 Å². The van der Waals surface area contributed by atoms with E-state index >= 15 is 0 Å². The smallest absolute Gasteiger partial charge is 0.326 e. The SMILES string of the molecule is CC[C@@H](Nc1ccc(Cl)c(Cl)c1)C(=O)O. The van der Waals surface area contributed by atoms with Crippen molar-refractivity contribution < 1.29 is 9.90 Å². The van der Waals surface area contributed by atoms with E-state index in [1.165, 1.54) is 0 Å². The van der Waals surface area contributed by atoms with E-state index in [9.17, 15) is 4.79 Å². The number of rotatable bonds is 4. The molecule has 1 aromatic carbocycles. The lowest BCUT2D eigenvalue weighted by molar-refractivity contribution is -0.137. The van der Waals surface area contributed by atoms with Crippen LogP contribution in [0.3, 0.4) is 0 Å². The average molecular weight is 248 g/mol. The molecule has 0 aromatic heterocycles. The summed E-state index contributed by atoms with van der Waals surface area (Å²) in [6, 6.07) is 4.32. The van der Waals surface area contributed by atoms with Crippen LogP contribution < -0.4 is 5.32 Å². The minimum atomic E-state index is -0.886. The monoisotopic (exact) mass is 247 g/mol. The van der Waals surface area contributed by atoms with Crippen molar-refractivity contribution in [2.24, 2.45) is 0 Å². The van der Waals surface area contributed by atoms with Gasteiger partial charge in [-0.25, -0.2) is 4.79 Å². The van der Waals surface area contributed by atoms with E-state index in [4.69, 9.17) is 28.3 Å². The van der Waals surface area contributed by atoms with Gasteiger partial charge in [0.2, 0.25) is 0 Å². The second kappa shape index (κ2) is 5.24. The van der Waals surface area contributed by atoms with Gasteiger partial charge in [0.1, 0.15) is 6.04 Å². The fourth-order valence-corrected chi connectivity index (χ4v) is 1.42. The van der Waals surface area contributed by atoms with Gasteiger partial charge in [-0.1, -0.05) is 30.1 Å². The fourth-order valence-electron chi connectivity index (χ4n) is 1.13. The Morgan fingerprint density at radius 3 is 2.60 bits per heavy atom. The molecule has 0 spiro atoms. The van der Waals surface area contributed by atoms with Gasteiger partial charge >= 0.3 is 5.97 Å². The molecule has 3 nitrogen and oxygen atoms in total. The maximum Gasteiger partial charge on any atom is 0.326 e. The summed E-state index contributed by atoms with van der Waals surface area (Å²) in [5, 5.41) is 12.5. The second-order valence-corrected chi connectivity index (χ2v) is 3.89. The van der Waals surface area contributed by atoms with Crippen LogP contribution in [0.4, 0.5) is 5.69 Å².